The Morgan fingerprint density at radius 3 is 2.63 bits per heavy atom. The molecule has 150 valence electrons. The molecule has 0 spiro atoms. The lowest BCUT2D eigenvalue weighted by Crippen LogP contribution is -2.26. The van der Waals surface area contributed by atoms with Crippen LogP contribution < -0.4 is 9.46 Å². The number of ether oxygens (including phenoxy) is 1. The van der Waals surface area contributed by atoms with Gasteiger partial charge in [0.2, 0.25) is 10.0 Å². The molecule has 0 unspecified atom stereocenters. The molecule has 14 heteroatoms. The number of hydrogen-bond acceptors (Lipinski definition) is 7. The summed E-state index contributed by atoms with van der Waals surface area (Å²) >= 11 is 0. The largest absolute Gasteiger partial charge is 0.472 e. The SMILES string of the molecule is CCOc1nn(CCCNS(=O)(=O)c2cn(C(F)F)nc2C)cc1[N+](=O)[O-]. The van der Waals surface area contributed by atoms with Crippen molar-refractivity contribution < 1.29 is 26.9 Å². The summed E-state index contributed by atoms with van der Waals surface area (Å²) in [6.07, 6.45) is 2.20. The number of nitro groups is 1. The van der Waals surface area contributed by atoms with Crippen LogP contribution in [0.25, 0.3) is 0 Å². The topological polar surface area (TPSA) is 134 Å². The highest BCUT2D eigenvalue weighted by Crippen LogP contribution is 2.24. The van der Waals surface area contributed by atoms with Crippen molar-refractivity contribution in [3.63, 3.8) is 0 Å². The predicted octanol–water partition coefficient (Wildman–Crippen LogP) is 1.46. The Kier molecular flexibility index (Phi) is 6.43. The molecule has 0 aliphatic heterocycles. The Morgan fingerprint density at radius 1 is 1.37 bits per heavy atom. The number of alkyl halides is 2. The van der Waals surface area contributed by atoms with Crippen molar-refractivity contribution in [3.8, 4) is 5.88 Å². The fourth-order valence-corrected chi connectivity index (χ4v) is 3.47. The average molecular weight is 408 g/mol. The molecule has 0 aliphatic carbocycles. The van der Waals surface area contributed by atoms with Gasteiger partial charge in [-0.05, 0) is 20.3 Å². The first-order valence-electron chi connectivity index (χ1n) is 7.84. The maximum Gasteiger partial charge on any atom is 0.350 e. The average Bonchev–Trinajstić information content (AvgIpc) is 3.16. The number of nitrogens with zero attached hydrogens (tertiary/aromatic N) is 5. The highest BCUT2D eigenvalue weighted by molar-refractivity contribution is 7.89. The summed E-state index contributed by atoms with van der Waals surface area (Å²) in [4.78, 5) is 9.97. The second kappa shape index (κ2) is 8.39. The summed E-state index contributed by atoms with van der Waals surface area (Å²) in [5, 5.41) is 18.3. The van der Waals surface area contributed by atoms with Crippen LogP contribution in [-0.4, -0.2) is 46.1 Å². The van der Waals surface area contributed by atoms with Crippen molar-refractivity contribution in [2.45, 2.75) is 38.3 Å². The maximum absolute atomic E-state index is 12.6. The number of aromatic nitrogens is 4. The van der Waals surface area contributed by atoms with Crippen molar-refractivity contribution in [2.75, 3.05) is 13.2 Å². The lowest BCUT2D eigenvalue weighted by molar-refractivity contribution is -0.385. The molecule has 0 bridgehead atoms. The first-order valence-corrected chi connectivity index (χ1v) is 9.32. The molecule has 2 aromatic heterocycles. The van der Waals surface area contributed by atoms with Gasteiger partial charge in [0.25, 0.3) is 0 Å². The van der Waals surface area contributed by atoms with E-state index in [4.69, 9.17) is 4.74 Å². The zero-order valence-corrected chi connectivity index (χ0v) is 15.3. The van der Waals surface area contributed by atoms with E-state index in [0.29, 0.717) is 0 Å². The van der Waals surface area contributed by atoms with Gasteiger partial charge in [0, 0.05) is 13.1 Å². The summed E-state index contributed by atoms with van der Waals surface area (Å²) < 4.78 is 58.5. The first-order chi connectivity index (χ1) is 12.7. The van der Waals surface area contributed by atoms with Gasteiger partial charge in [0.05, 0.1) is 23.4 Å². The standard InChI is InChI=1S/C13H18F2N6O5S/c1-3-26-12-10(21(22)23)7-19(18-12)6-4-5-16-27(24,25)11-8-20(13(14)15)17-9(11)2/h7-8,13,16H,3-6H2,1-2H3. The molecule has 0 atom stereocenters. The van der Waals surface area contributed by atoms with Crippen LogP contribution in [0.5, 0.6) is 5.88 Å². The van der Waals surface area contributed by atoms with Crippen LogP contribution in [0.2, 0.25) is 0 Å². The Labute approximate surface area is 153 Å². The molecule has 0 saturated heterocycles. The highest BCUT2D eigenvalue weighted by atomic mass is 32.2. The number of rotatable bonds is 10. The van der Waals surface area contributed by atoms with Crippen LogP contribution in [0.3, 0.4) is 0 Å². The fourth-order valence-electron chi connectivity index (χ4n) is 2.23. The van der Waals surface area contributed by atoms with Crippen molar-refractivity contribution in [3.05, 3.63) is 28.2 Å². The Hall–Kier alpha value is -2.61. The second-order valence-corrected chi connectivity index (χ2v) is 7.10. The van der Waals surface area contributed by atoms with E-state index in [2.05, 4.69) is 14.9 Å². The van der Waals surface area contributed by atoms with Crippen molar-refractivity contribution in [1.29, 1.82) is 0 Å². The minimum absolute atomic E-state index is 0.0285. The summed E-state index contributed by atoms with van der Waals surface area (Å²) in [5.41, 5.74) is -0.334. The van der Waals surface area contributed by atoms with Gasteiger partial charge in [-0.2, -0.15) is 13.9 Å². The zero-order valence-electron chi connectivity index (χ0n) is 14.5. The third-order valence-corrected chi connectivity index (χ3v) is 4.97. The van der Waals surface area contributed by atoms with E-state index in [1.807, 2.05) is 0 Å². The Balaban J connectivity index is 1.96. The van der Waals surface area contributed by atoms with E-state index in [0.717, 1.165) is 6.20 Å². The van der Waals surface area contributed by atoms with Gasteiger partial charge in [0.1, 0.15) is 11.1 Å². The highest BCUT2D eigenvalue weighted by Gasteiger charge is 2.23. The summed E-state index contributed by atoms with van der Waals surface area (Å²) in [7, 11) is -4.01. The molecule has 0 radical (unpaired) electrons. The summed E-state index contributed by atoms with van der Waals surface area (Å²) in [6.45, 7) is 0.401. The van der Waals surface area contributed by atoms with Gasteiger partial charge in [-0.1, -0.05) is 0 Å². The number of hydrogen-bond donors (Lipinski definition) is 1. The summed E-state index contributed by atoms with van der Waals surface area (Å²) in [6, 6.07) is 0. The van der Waals surface area contributed by atoms with Crippen molar-refractivity contribution in [2.24, 2.45) is 0 Å². The molecule has 1 N–H and O–H groups in total. The van der Waals surface area contributed by atoms with E-state index >= 15 is 0 Å². The number of halogens is 2. The third-order valence-electron chi connectivity index (χ3n) is 3.40. The van der Waals surface area contributed by atoms with Crippen LogP contribution in [0.15, 0.2) is 17.3 Å². The van der Waals surface area contributed by atoms with E-state index in [-0.39, 0.29) is 53.0 Å². The molecule has 0 aliphatic rings. The monoisotopic (exact) mass is 408 g/mol. The number of nitrogens with one attached hydrogen (secondary N) is 1. The van der Waals surface area contributed by atoms with Gasteiger partial charge in [-0.15, -0.1) is 5.10 Å². The Bertz CT molecular complexity index is 910. The maximum atomic E-state index is 12.6. The molecule has 2 aromatic rings. The van der Waals surface area contributed by atoms with E-state index in [9.17, 15) is 27.3 Å². The minimum atomic E-state index is -4.01. The lowest BCUT2D eigenvalue weighted by Gasteiger charge is -2.05. The summed E-state index contributed by atoms with van der Waals surface area (Å²) in [5.74, 6) is -0.113. The fraction of sp³-hybridized carbons (Fsp3) is 0.538. The molecule has 0 fully saturated rings. The van der Waals surface area contributed by atoms with Crippen molar-refractivity contribution >= 4 is 15.7 Å². The van der Waals surface area contributed by atoms with Crippen LogP contribution in [0.1, 0.15) is 25.6 Å². The number of sulfonamides is 1. The van der Waals surface area contributed by atoms with Crippen LogP contribution in [0, 0.1) is 17.0 Å². The molecular weight excluding hydrogens is 390 g/mol. The lowest BCUT2D eigenvalue weighted by atomic mass is 10.4. The molecule has 2 heterocycles. The van der Waals surface area contributed by atoms with Gasteiger partial charge in [0.15, 0.2) is 0 Å². The first kappa shape index (κ1) is 20.7. The van der Waals surface area contributed by atoms with Gasteiger partial charge in [-0.25, -0.2) is 17.8 Å². The Morgan fingerprint density at radius 2 is 2.07 bits per heavy atom. The molecular formula is C13H18F2N6O5S. The number of aryl methyl sites for hydroxylation is 2. The van der Waals surface area contributed by atoms with Crippen molar-refractivity contribution in [1.82, 2.24) is 24.3 Å². The molecule has 0 aromatic carbocycles. The van der Waals surface area contributed by atoms with Gasteiger partial charge >= 0.3 is 18.1 Å². The third kappa shape index (κ3) is 4.97. The minimum Gasteiger partial charge on any atom is -0.472 e. The predicted molar refractivity (Wildman–Crippen MR) is 88.1 cm³/mol. The quantitative estimate of drug-likeness (QED) is 0.357. The van der Waals surface area contributed by atoms with Crippen LogP contribution in [0.4, 0.5) is 14.5 Å². The normalized spacial score (nSPS) is 11.9. The molecule has 0 amide bonds. The van der Waals surface area contributed by atoms with E-state index in [1.54, 1.807) is 6.92 Å². The second-order valence-electron chi connectivity index (χ2n) is 5.36. The zero-order chi connectivity index (χ0) is 20.2. The van der Waals surface area contributed by atoms with E-state index in [1.165, 1.54) is 17.8 Å². The van der Waals surface area contributed by atoms with Crippen LogP contribution >= 0.6 is 0 Å². The van der Waals surface area contributed by atoms with Gasteiger partial charge in [-0.3, -0.25) is 14.8 Å². The molecule has 27 heavy (non-hydrogen) atoms. The van der Waals surface area contributed by atoms with E-state index < -0.39 is 21.5 Å². The van der Waals surface area contributed by atoms with Gasteiger partial charge < -0.3 is 4.74 Å². The smallest absolute Gasteiger partial charge is 0.350 e. The molecule has 11 nitrogen and oxygen atoms in total. The van der Waals surface area contributed by atoms with Crippen LogP contribution in [-0.2, 0) is 16.6 Å². The molecule has 2 rings (SSSR count). The molecule has 0 saturated carbocycles.